The molecule has 0 saturated carbocycles. The highest BCUT2D eigenvalue weighted by molar-refractivity contribution is 5.91. The Hall–Kier alpha value is -4.58. The molecule has 0 aliphatic carbocycles. The van der Waals surface area contributed by atoms with Crippen molar-refractivity contribution in [2.24, 2.45) is 7.05 Å². The number of carbonyl (C=O) groups is 2. The molecule has 4 aromatic rings. The minimum Gasteiger partial charge on any atom is -0.464 e. The van der Waals surface area contributed by atoms with Gasteiger partial charge in [0.25, 0.3) is 0 Å². The number of cyclic esters (lactones) is 1. The highest BCUT2D eigenvalue weighted by atomic mass is 19.2. The highest BCUT2D eigenvalue weighted by Gasteiger charge is 2.41. The van der Waals surface area contributed by atoms with E-state index in [0.717, 1.165) is 22.9 Å². The van der Waals surface area contributed by atoms with E-state index >= 15 is 0 Å². The van der Waals surface area contributed by atoms with E-state index in [9.17, 15) is 18.4 Å². The number of halogens is 2. The van der Waals surface area contributed by atoms with Crippen LogP contribution >= 0.6 is 0 Å². The van der Waals surface area contributed by atoms with E-state index in [4.69, 9.17) is 9.84 Å². The van der Waals surface area contributed by atoms with Crippen LogP contribution in [-0.2, 0) is 16.6 Å². The Kier molecular flexibility index (Phi) is 7.00. The predicted octanol–water partition coefficient (Wildman–Crippen LogP) is 3.76. The molecular formula is C29H29F2N7O3. The van der Waals surface area contributed by atoms with Crippen LogP contribution in [0.3, 0.4) is 0 Å². The summed E-state index contributed by atoms with van der Waals surface area (Å²) in [6, 6.07) is 12.2. The second-order valence-electron chi connectivity index (χ2n) is 10.5. The molecular weight excluding hydrogens is 532 g/mol. The summed E-state index contributed by atoms with van der Waals surface area (Å²) < 4.78 is 36.4. The molecule has 1 unspecified atom stereocenters. The first-order valence-corrected chi connectivity index (χ1v) is 13.3. The number of benzene rings is 2. The van der Waals surface area contributed by atoms with E-state index in [0.29, 0.717) is 30.2 Å². The maximum Gasteiger partial charge on any atom is 0.320 e. The van der Waals surface area contributed by atoms with Gasteiger partial charge in [-0.15, -0.1) is 0 Å². The molecule has 0 radical (unpaired) electrons. The second-order valence-corrected chi connectivity index (χ2v) is 10.5. The zero-order valence-corrected chi connectivity index (χ0v) is 22.6. The quantitative estimate of drug-likeness (QED) is 0.348. The number of ether oxygens (including phenoxy) is 1. The van der Waals surface area contributed by atoms with E-state index in [-0.39, 0.29) is 31.0 Å². The van der Waals surface area contributed by atoms with Gasteiger partial charge in [0.2, 0.25) is 0 Å². The van der Waals surface area contributed by atoms with Crippen LogP contribution in [0.2, 0.25) is 0 Å². The van der Waals surface area contributed by atoms with Crippen molar-refractivity contribution in [3.05, 3.63) is 83.7 Å². The van der Waals surface area contributed by atoms with E-state index in [2.05, 4.69) is 20.6 Å². The van der Waals surface area contributed by atoms with Gasteiger partial charge in [-0.1, -0.05) is 24.3 Å². The number of aromatic nitrogens is 4. The van der Waals surface area contributed by atoms with Gasteiger partial charge in [0.1, 0.15) is 18.1 Å². The lowest BCUT2D eigenvalue weighted by molar-refractivity contribution is -0.137. The van der Waals surface area contributed by atoms with Gasteiger partial charge in [0.05, 0.1) is 30.4 Å². The average Bonchev–Trinajstić information content (AvgIpc) is 3.74. The van der Waals surface area contributed by atoms with Crippen molar-refractivity contribution in [2.75, 3.05) is 25.0 Å². The summed E-state index contributed by atoms with van der Waals surface area (Å²) in [6.07, 6.45) is 3.81. The summed E-state index contributed by atoms with van der Waals surface area (Å²) in [7, 11) is 1.82. The van der Waals surface area contributed by atoms with Gasteiger partial charge >= 0.3 is 12.0 Å². The molecule has 2 saturated heterocycles. The van der Waals surface area contributed by atoms with Crippen molar-refractivity contribution in [3.63, 3.8) is 0 Å². The molecule has 2 aliphatic rings. The fourth-order valence-corrected chi connectivity index (χ4v) is 5.62. The van der Waals surface area contributed by atoms with Crippen LogP contribution in [-0.4, -0.2) is 68.2 Å². The summed E-state index contributed by atoms with van der Waals surface area (Å²) >= 11 is 0. The fraction of sp³-hybridized carbons (Fsp3) is 0.310. The number of rotatable bonds is 6. The molecule has 41 heavy (non-hydrogen) atoms. The SMILES string of the molecule is Cc1c(-c2cnn(C)c2)nn(-c2ccccc2)c1NC(=O)N[C@@H]1CN(C2COC(=O)C2)C[C@H]1c1ccc(F)c(F)c1. The molecule has 3 atom stereocenters. The summed E-state index contributed by atoms with van der Waals surface area (Å²) in [5.74, 6) is -2.01. The molecule has 2 N–H and O–H groups in total. The van der Waals surface area contributed by atoms with Crippen molar-refractivity contribution < 1.29 is 23.1 Å². The summed E-state index contributed by atoms with van der Waals surface area (Å²) in [5.41, 5.74) is 3.56. The zero-order chi connectivity index (χ0) is 28.7. The van der Waals surface area contributed by atoms with Crippen molar-refractivity contribution in [1.29, 1.82) is 0 Å². The number of aryl methyl sites for hydroxylation is 1. The Morgan fingerprint density at radius 2 is 1.90 bits per heavy atom. The number of nitrogens with one attached hydrogen (secondary N) is 2. The Morgan fingerprint density at radius 3 is 2.59 bits per heavy atom. The number of carbonyl (C=O) groups excluding carboxylic acids is 2. The molecule has 2 aromatic carbocycles. The summed E-state index contributed by atoms with van der Waals surface area (Å²) in [6.45, 7) is 3.00. The largest absolute Gasteiger partial charge is 0.464 e. The minimum absolute atomic E-state index is 0.144. The first kappa shape index (κ1) is 26.6. The molecule has 212 valence electrons. The maximum absolute atomic E-state index is 14.2. The molecule has 6 rings (SSSR count). The first-order chi connectivity index (χ1) is 19.8. The van der Waals surface area contributed by atoms with Gasteiger partial charge in [0.15, 0.2) is 11.6 Å². The number of esters is 1. The van der Waals surface area contributed by atoms with Crippen LogP contribution in [0.15, 0.2) is 60.9 Å². The van der Waals surface area contributed by atoms with Crippen molar-refractivity contribution >= 4 is 17.8 Å². The van der Waals surface area contributed by atoms with Crippen molar-refractivity contribution in [3.8, 4) is 16.9 Å². The second kappa shape index (κ2) is 10.8. The predicted molar refractivity (Wildman–Crippen MR) is 146 cm³/mol. The van der Waals surface area contributed by atoms with Crippen molar-refractivity contribution in [2.45, 2.75) is 31.3 Å². The van der Waals surface area contributed by atoms with Crippen LogP contribution in [0, 0.1) is 18.6 Å². The first-order valence-electron chi connectivity index (χ1n) is 13.3. The van der Waals surface area contributed by atoms with Crippen LogP contribution in [0.5, 0.6) is 0 Å². The molecule has 12 heteroatoms. The van der Waals surface area contributed by atoms with Gasteiger partial charge in [0, 0.05) is 43.4 Å². The molecule has 2 aromatic heterocycles. The molecule has 2 amide bonds. The fourth-order valence-electron chi connectivity index (χ4n) is 5.62. The molecule has 2 aliphatic heterocycles. The van der Waals surface area contributed by atoms with E-state index in [1.807, 2.05) is 50.5 Å². The van der Waals surface area contributed by atoms with Gasteiger partial charge < -0.3 is 10.1 Å². The molecule has 4 heterocycles. The van der Waals surface area contributed by atoms with Gasteiger partial charge in [-0.05, 0) is 36.8 Å². The number of amides is 2. The number of hydrogen-bond acceptors (Lipinski definition) is 6. The number of anilines is 1. The highest BCUT2D eigenvalue weighted by Crippen LogP contribution is 2.33. The lowest BCUT2D eigenvalue weighted by Gasteiger charge is -2.21. The topological polar surface area (TPSA) is 106 Å². The van der Waals surface area contributed by atoms with Gasteiger partial charge in [-0.2, -0.15) is 10.2 Å². The van der Waals surface area contributed by atoms with Crippen molar-refractivity contribution in [1.82, 2.24) is 29.8 Å². The monoisotopic (exact) mass is 561 g/mol. The molecule has 0 spiro atoms. The molecule has 0 bridgehead atoms. The number of likely N-dealkylation sites (tertiary alicyclic amines) is 1. The normalized spacial score (nSPS) is 20.8. The minimum atomic E-state index is -0.950. The Morgan fingerprint density at radius 1 is 1.10 bits per heavy atom. The van der Waals surface area contributed by atoms with Gasteiger partial charge in [-0.25, -0.2) is 18.3 Å². The third-order valence-corrected chi connectivity index (χ3v) is 7.73. The van der Waals surface area contributed by atoms with E-state index in [1.54, 1.807) is 15.6 Å². The number of para-hydroxylation sites is 1. The van der Waals surface area contributed by atoms with Crippen LogP contribution < -0.4 is 10.6 Å². The zero-order valence-electron chi connectivity index (χ0n) is 22.6. The summed E-state index contributed by atoms with van der Waals surface area (Å²) in [5, 5.41) is 15.1. The standard InChI is InChI=1S/C29H29F2N7O3/c1-17-27(19-12-32-36(2)13-19)35-38(20-6-4-3-5-7-20)28(17)34-29(40)33-25-15-37(21-11-26(39)41-16-21)14-22(25)18-8-9-23(30)24(31)10-18/h3-10,12-13,21-22,25H,11,14-16H2,1-2H3,(H2,33,34,40)/t21?,22-,25+/m0/s1. The number of nitrogens with zero attached hydrogens (tertiary/aromatic N) is 5. The third-order valence-electron chi connectivity index (χ3n) is 7.73. The Labute approximate surface area is 234 Å². The molecule has 10 nitrogen and oxygen atoms in total. The van der Waals surface area contributed by atoms with E-state index in [1.165, 1.54) is 12.1 Å². The van der Waals surface area contributed by atoms with Crippen LogP contribution in [0.25, 0.3) is 16.9 Å². The Bertz CT molecular complexity index is 1600. The number of hydrogen-bond donors (Lipinski definition) is 2. The molecule has 2 fully saturated rings. The van der Waals surface area contributed by atoms with Crippen LogP contribution in [0.4, 0.5) is 19.4 Å². The third kappa shape index (κ3) is 5.30. The van der Waals surface area contributed by atoms with E-state index < -0.39 is 23.7 Å². The van der Waals surface area contributed by atoms with Crippen LogP contribution in [0.1, 0.15) is 23.5 Å². The average molecular weight is 562 g/mol. The summed E-state index contributed by atoms with van der Waals surface area (Å²) in [4.78, 5) is 27.3. The van der Waals surface area contributed by atoms with Gasteiger partial charge in [-0.3, -0.25) is 19.7 Å². The smallest absolute Gasteiger partial charge is 0.320 e. The Balaban J connectivity index is 1.28. The lowest BCUT2D eigenvalue weighted by atomic mass is 9.94. The lowest BCUT2D eigenvalue weighted by Crippen LogP contribution is -2.43. The maximum atomic E-state index is 14.2. The number of urea groups is 1.